The van der Waals surface area contributed by atoms with Crippen LogP contribution in [0.5, 0.6) is 0 Å². The molecule has 0 aromatic heterocycles. The number of benzene rings is 1. The first-order chi connectivity index (χ1) is 7.60. The molecule has 0 aliphatic carbocycles. The van der Waals surface area contributed by atoms with E-state index in [1.807, 2.05) is 19.2 Å². The summed E-state index contributed by atoms with van der Waals surface area (Å²) in [5.74, 6) is 0.208. The lowest BCUT2D eigenvalue weighted by atomic mass is 10.2. The average molecular weight is 241 g/mol. The predicted octanol–water partition coefficient (Wildman–Crippen LogP) is 1.63. The summed E-state index contributed by atoms with van der Waals surface area (Å²) in [5.41, 5.74) is 1.16. The van der Waals surface area contributed by atoms with Crippen LogP contribution in [0, 0.1) is 0 Å². The highest BCUT2D eigenvalue weighted by Crippen LogP contribution is 2.13. The van der Waals surface area contributed by atoms with Gasteiger partial charge in [-0.1, -0.05) is 19.1 Å². The van der Waals surface area contributed by atoms with Gasteiger partial charge in [0.15, 0.2) is 9.84 Å². The van der Waals surface area contributed by atoms with E-state index in [0.717, 1.165) is 18.5 Å². The zero-order valence-corrected chi connectivity index (χ0v) is 10.7. The highest BCUT2D eigenvalue weighted by Gasteiger charge is 2.13. The topological polar surface area (TPSA) is 46.2 Å². The first-order valence-electron chi connectivity index (χ1n) is 5.56. The summed E-state index contributed by atoms with van der Waals surface area (Å²) in [5, 5.41) is 2.95. The molecule has 1 rings (SSSR count). The van der Waals surface area contributed by atoms with Crippen LogP contribution in [0.4, 0.5) is 0 Å². The van der Waals surface area contributed by atoms with Crippen LogP contribution in [0.3, 0.4) is 0 Å². The zero-order chi connectivity index (χ0) is 12.0. The molecular formula is C12H19NO2S. The normalized spacial score (nSPS) is 11.6. The molecule has 0 saturated carbocycles. The first kappa shape index (κ1) is 13.2. The van der Waals surface area contributed by atoms with Crippen LogP contribution in [-0.2, 0) is 16.3 Å². The Kier molecular flexibility index (Phi) is 4.96. The molecule has 0 amide bonds. The van der Waals surface area contributed by atoms with Gasteiger partial charge in [0.2, 0.25) is 0 Å². The van der Waals surface area contributed by atoms with Crippen molar-refractivity contribution in [3.63, 3.8) is 0 Å². The van der Waals surface area contributed by atoms with Gasteiger partial charge in [0, 0.05) is 0 Å². The maximum absolute atomic E-state index is 11.9. The van der Waals surface area contributed by atoms with Crippen molar-refractivity contribution in [3.05, 3.63) is 29.8 Å². The SMILES string of the molecule is CCc1ccc(S(=O)(=O)CCCNC)cc1. The van der Waals surface area contributed by atoms with Crippen molar-refractivity contribution in [3.8, 4) is 0 Å². The van der Waals surface area contributed by atoms with Crippen molar-refractivity contribution >= 4 is 9.84 Å². The van der Waals surface area contributed by atoms with Crippen molar-refractivity contribution in [2.75, 3.05) is 19.3 Å². The fraction of sp³-hybridized carbons (Fsp3) is 0.500. The van der Waals surface area contributed by atoms with Crippen molar-refractivity contribution < 1.29 is 8.42 Å². The molecule has 4 heteroatoms. The van der Waals surface area contributed by atoms with Gasteiger partial charge in [0.25, 0.3) is 0 Å². The molecule has 0 fully saturated rings. The fourth-order valence-electron chi connectivity index (χ4n) is 1.49. The van der Waals surface area contributed by atoms with Gasteiger partial charge in [-0.25, -0.2) is 8.42 Å². The smallest absolute Gasteiger partial charge is 0.178 e. The molecule has 16 heavy (non-hydrogen) atoms. The van der Waals surface area contributed by atoms with Crippen LogP contribution in [-0.4, -0.2) is 27.8 Å². The van der Waals surface area contributed by atoms with Crippen LogP contribution in [0.25, 0.3) is 0 Å². The summed E-state index contributed by atoms with van der Waals surface area (Å²) in [6.45, 7) is 2.78. The molecule has 3 nitrogen and oxygen atoms in total. The summed E-state index contributed by atoms with van der Waals surface area (Å²) in [6.07, 6.45) is 1.58. The lowest BCUT2D eigenvalue weighted by Gasteiger charge is -2.05. The second-order valence-corrected chi connectivity index (χ2v) is 5.88. The Balaban J connectivity index is 2.74. The van der Waals surface area contributed by atoms with E-state index in [-0.39, 0.29) is 5.75 Å². The fourth-order valence-corrected chi connectivity index (χ4v) is 2.80. The number of nitrogens with one attached hydrogen (secondary N) is 1. The first-order valence-corrected chi connectivity index (χ1v) is 7.21. The van der Waals surface area contributed by atoms with Gasteiger partial charge in [0.05, 0.1) is 10.6 Å². The molecule has 0 unspecified atom stereocenters. The van der Waals surface area contributed by atoms with Crippen molar-refractivity contribution in [2.24, 2.45) is 0 Å². The van der Waals surface area contributed by atoms with Gasteiger partial charge in [-0.05, 0) is 44.1 Å². The van der Waals surface area contributed by atoms with Gasteiger partial charge in [-0.2, -0.15) is 0 Å². The minimum atomic E-state index is -3.10. The van der Waals surface area contributed by atoms with E-state index in [1.54, 1.807) is 12.1 Å². The summed E-state index contributed by atoms with van der Waals surface area (Å²) >= 11 is 0. The van der Waals surface area contributed by atoms with Crippen LogP contribution < -0.4 is 5.32 Å². The second-order valence-electron chi connectivity index (χ2n) is 3.77. The average Bonchev–Trinajstić information content (AvgIpc) is 2.29. The quantitative estimate of drug-likeness (QED) is 0.770. The van der Waals surface area contributed by atoms with E-state index >= 15 is 0 Å². The second kappa shape index (κ2) is 6.01. The Morgan fingerprint density at radius 3 is 2.31 bits per heavy atom. The van der Waals surface area contributed by atoms with Crippen molar-refractivity contribution in [1.29, 1.82) is 0 Å². The molecule has 0 spiro atoms. The molecule has 0 saturated heterocycles. The Labute approximate surface area is 97.8 Å². The van der Waals surface area contributed by atoms with E-state index < -0.39 is 9.84 Å². The lowest BCUT2D eigenvalue weighted by molar-refractivity contribution is 0.591. The molecule has 0 aliphatic heterocycles. The molecule has 0 atom stereocenters. The molecule has 0 radical (unpaired) electrons. The van der Waals surface area contributed by atoms with E-state index in [0.29, 0.717) is 11.3 Å². The van der Waals surface area contributed by atoms with Crippen molar-refractivity contribution in [2.45, 2.75) is 24.7 Å². The monoisotopic (exact) mass is 241 g/mol. The molecule has 1 N–H and O–H groups in total. The van der Waals surface area contributed by atoms with Crippen LogP contribution in [0.15, 0.2) is 29.2 Å². The maximum atomic E-state index is 11.9. The minimum absolute atomic E-state index is 0.208. The van der Waals surface area contributed by atoms with E-state index in [9.17, 15) is 8.42 Å². The number of hydrogen-bond acceptors (Lipinski definition) is 3. The van der Waals surface area contributed by atoms with Crippen LogP contribution in [0.2, 0.25) is 0 Å². The van der Waals surface area contributed by atoms with Gasteiger partial charge < -0.3 is 5.32 Å². The maximum Gasteiger partial charge on any atom is 0.178 e. The summed E-state index contributed by atoms with van der Waals surface area (Å²) < 4.78 is 23.8. The Morgan fingerprint density at radius 2 is 1.81 bits per heavy atom. The van der Waals surface area contributed by atoms with Crippen LogP contribution >= 0.6 is 0 Å². The van der Waals surface area contributed by atoms with E-state index in [2.05, 4.69) is 12.2 Å². The zero-order valence-electron chi connectivity index (χ0n) is 9.86. The Hall–Kier alpha value is -0.870. The number of sulfone groups is 1. The molecule has 0 heterocycles. The molecule has 1 aromatic carbocycles. The Morgan fingerprint density at radius 1 is 1.19 bits per heavy atom. The summed E-state index contributed by atoms with van der Waals surface area (Å²) in [4.78, 5) is 0.431. The Bertz CT molecular complexity index is 409. The number of aryl methyl sites for hydroxylation is 1. The number of hydrogen-bond donors (Lipinski definition) is 1. The van der Waals surface area contributed by atoms with E-state index in [4.69, 9.17) is 0 Å². The molecular weight excluding hydrogens is 222 g/mol. The molecule has 0 bridgehead atoms. The molecule has 1 aromatic rings. The third-order valence-corrected chi connectivity index (χ3v) is 4.35. The van der Waals surface area contributed by atoms with Crippen molar-refractivity contribution in [1.82, 2.24) is 5.32 Å². The van der Waals surface area contributed by atoms with Gasteiger partial charge in [-0.3, -0.25) is 0 Å². The third-order valence-electron chi connectivity index (χ3n) is 2.53. The molecule has 0 aliphatic rings. The summed E-state index contributed by atoms with van der Waals surface area (Å²) in [6, 6.07) is 7.16. The minimum Gasteiger partial charge on any atom is -0.320 e. The van der Waals surface area contributed by atoms with Gasteiger partial charge in [-0.15, -0.1) is 0 Å². The third kappa shape index (κ3) is 3.61. The standard InChI is InChI=1S/C12H19NO2S/c1-3-11-5-7-12(8-6-11)16(14,15)10-4-9-13-2/h5-8,13H,3-4,9-10H2,1-2H3. The largest absolute Gasteiger partial charge is 0.320 e. The van der Waals surface area contributed by atoms with Crippen LogP contribution in [0.1, 0.15) is 18.9 Å². The lowest BCUT2D eigenvalue weighted by Crippen LogP contribution is -2.14. The highest BCUT2D eigenvalue weighted by molar-refractivity contribution is 7.91. The summed E-state index contributed by atoms with van der Waals surface area (Å²) in [7, 11) is -1.28. The van der Waals surface area contributed by atoms with E-state index in [1.165, 1.54) is 0 Å². The van der Waals surface area contributed by atoms with Gasteiger partial charge in [0.1, 0.15) is 0 Å². The van der Waals surface area contributed by atoms with Gasteiger partial charge >= 0.3 is 0 Å². The molecule has 90 valence electrons. The predicted molar refractivity (Wildman–Crippen MR) is 66.4 cm³/mol. The highest BCUT2D eigenvalue weighted by atomic mass is 32.2. The number of rotatable bonds is 6.